The van der Waals surface area contributed by atoms with Crippen molar-refractivity contribution in [2.24, 2.45) is 5.92 Å². The average Bonchev–Trinajstić information content (AvgIpc) is 2.58. The van der Waals surface area contributed by atoms with Crippen molar-refractivity contribution in [3.63, 3.8) is 0 Å². The Balaban J connectivity index is 1.93. The van der Waals surface area contributed by atoms with Crippen molar-refractivity contribution >= 4 is 11.9 Å². The van der Waals surface area contributed by atoms with E-state index in [-0.39, 0.29) is 5.91 Å². The summed E-state index contributed by atoms with van der Waals surface area (Å²) in [5.41, 5.74) is 1.46. The normalized spacial score (nSPS) is 10.4. The van der Waals surface area contributed by atoms with Crippen LogP contribution in [0.3, 0.4) is 0 Å². The second-order valence-corrected chi connectivity index (χ2v) is 5.56. The summed E-state index contributed by atoms with van der Waals surface area (Å²) in [4.78, 5) is 20.2. The molecule has 6 heteroatoms. The first-order valence-electron chi connectivity index (χ1n) is 7.56. The molecule has 2 rings (SSSR count). The summed E-state index contributed by atoms with van der Waals surface area (Å²) in [5.74, 6) is 1.53. The third-order valence-corrected chi connectivity index (χ3v) is 3.21. The molecule has 2 aromatic rings. The van der Waals surface area contributed by atoms with Crippen LogP contribution in [0.5, 0.6) is 5.75 Å². The van der Waals surface area contributed by atoms with Crippen LogP contribution in [-0.4, -0.2) is 29.5 Å². The zero-order chi connectivity index (χ0) is 16.7. The number of carbonyl (C=O) groups is 1. The Hall–Kier alpha value is -2.63. The summed E-state index contributed by atoms with van der Waals surface area (Å²) < 4.78 is 5.30. The number of hydrogen-bond acceptors (Lipinski definition) is 5. The Morgan fingerprint density at radius 2 is 1.91 bits per heavy atom. The van der Waals surface area contributed by atoms with Crippen LogP contribution in [0, 0.1) is 5.92 Å². The molecular formula is C17H22N4O2. The first-order chi connectivity index (χ1) is 11.1. The van der Waals surface area contributed by atoms with E-state index in [0.29, 0.717) is 30.5 Å². The maximum atomic E-state index is 11.9. The lowest BCUT2D eigenvalue weighted by atomic mass is 10.2. The van der Waals surface area contributed by atoms with Gasteiger partial charge in [-0.05, 0) is 12.0 Å². The summed E-state index contributed by atoms with van der Waals surface area (Å²) >= 11 is 0. The SMILES string of the molecule is COc1ccccc1CNc1ncc(C(=O)NCC(C)C)cn1. The smallest absolute Gasteiger partial charge is 0.254 e. The fraction of sp³-hybridized carbons (Fsp3) is 0.353. The maximum Gasteiger partial charge on any atom is 0.254 e. The highest BCUT2D eigenvalue weighted by atomic mass is 16.5. The molecule has 1 heterocycles. The zero-order valence-electron chi connectivity index (χ0n) is 13.7. The molecule has 1 aromatic carbocycles. The molecule has 0 bridgehead atoms. The van der Waals surface area contributed by atoms with Crippen molar-refractivity contribution in [2.75, 3.05) is 19.0 Å². The topological polar surface area (TPSA) is 76.1 Å². The Morgan fingerprint density at radius 1 is 1.22 bits per heavy atom. The first kappa shape index (κ1) is 16.7. The van der Waals surface area contributed by atoms with E-state index in [4.69, 9.17) is 4.74 Å². The van der Waals surface area contributed by atoms with Gasteiger partial charge in [0, 0.05) is 31.0 Å². The standard InChI is InChI=1S/C17H22N4O2/c1-12(2)8-18-16(22)14-10-20-17(21-11-14)19-9-13-6-4-5-7-15(13)23-3/h4-7,10-12H,8-9H2,1-3H3,(H,18,22)(H,19,20,21). The van der Waals surface area contributed by atoms with Crippen molar-refractivity contribution in [3.8, 4) is 5.75 Å². The van der Waals surface area contributed by atoms with Gasteiger partial charge in [-0.15, -0.1) is 0 Å². The third-order valence-electron chi connectivity index (χ3n) is 3.21. The number of amides is 1. The van der Waals surface area contributed by atoms with Gasteiger partial charge in [-0.2, -0.15) is 0 Å². The molecular weight excluding hydrogens is 292 g/mol. The summed E-state index contributed by atoms with van der Waals surface area (Å²) in [5, 5.41) is 5.95. The highest BCUT2D eigenvalue weighted by Crippen LogP contribution is 2.17. The van der Waals surface area contributed by atoms with E-state index in [9.17, 15) is 4.79 Å². The second kappa shape index (κ2) is 8.12. The molecule has 23 heavy (non-hydrogen) atoms. The van der Waals surface area contributed by atoms with Crippen LogP contribution in [0.25, 0.3) is 0 Å². The highest BCUT2D eigenvalue weighted by Gasteiger charge is 2.08. The first-order valence-corrected chi connectivity index (χ1v) is 7.56. The predicted molar refractivity (Wildman–Crippen MR) is 89.5 cm³/mol. The molecule has 1 aromatic heterocycles. The molecule has 2 N–H and O–H groups in total. The fourth-order valence-corrected chi connectivity index (χ4v) is 1.96. The number of aromatic nitrogens is 2. The van der Waals surface area contributed by atoms with E-state index >= 15 is 0 Å². The highest BCUT2D eigenvalue weighted by molar-refractivity contribution is 5.93. The maximum absolute atomic E-state index is 11.9. The van der Waals surface area contributed by atoms with Crippen LogP contribution in [0.4, 0.5) is 5.95 Å². The van der Waals surface area contributed by atoms with Crippen LogP contribution < -0.4 is 15.4 Å². The minimum atomic E-state index is -0.157. The molecule has 0 aliphatic rings. The Morgan fingerprint density at radius 3 is 2.57 bits per heavy atom. The van der Waals surface area contributed by atoms with Crippen molar-refractivity contribution in [3.05, 3.63) is 47.8 Å². The van der Waals surface area contributed by atoms with E-state index in [0.717, 1.165) is 11.3 Å². The Labute approximate surface area is 136 Å². The summed E-state index contributed by atoms with van der Waals surface area (Å²) in [6.45, 7) is 5.26. The number of hydrogen-bond donors (Lipinski definition) is 2. The third kappa shape index (κ3) is 4.95. The molecule has 0 saturated carbocycles. The lowest BCUT2D eigenvalue weighted by Gasteiger charge is -2.10. The monoisotopic (exact) mass is 314 g/mol. The van der Waals surface area contributed by atoms with Gasteiger partial charge in [-0.3, -0.25) is 4.79 Å². The van der Waals surface area contributed by atoms with Gasteiger partial charge in [0.2, 0.25) is 5.95 Å². The lowest BCUT2D eigenvalue weighted by Crippen LogP contribution is -2.27. The van der Waals surface area contributed by atoms with Gasteiger partial charge in [0.25, 0.3) is 5.91 Å². The second-order valence-electron chi connectivity index (χ2n) is 5.56. The van der Waals surface area contributed by atoms with E-state index in [1.165, 1.54) is 12.4 Å². The number of rotatable bonds is 7. The minimum Gasteiger partial charge on any atom is -0.496 e. The summed E-state index contributed by atoms with van der Waals surface area (Å²) in [6.07, 6.45) is 3.04. The molecule has 0 saturated heterocycles. The number of methoxy groups -OCH3 is 1. The van der Waals surface area contributed by atoms with E-state index in [1.54, 1.807) is 7.11 Å². The van der Waals surface area contributed by atoms with Crippen LogP contribution in [0.1, 0.15) is 29.8 Å². The number of anilines is 1. The zero-order valence-corrected chi connectivity index (χ0v) is 13.7. The van der Waals surface area contributed by atoms with Crippen LogP contribution >= 0.6 is 0 Å². The van der Waals surface area contributed by atoms with Crippen LogP contribution in [0.2, 0.25) is 0 Å². The van der Waals surface area contributed by atoms with Gasteiger partial charge in [-0.1, -0.05) is 32.0 Å². The largest absolute Gasteiger partial charge is 0.496 e. The predicted octanol–water partition coefficient (Wildman–Crippen LogP) is 2.48. The Bertz CT molecular complexity index is 641. The molecule has 0 spiro atoms. The lowest BCUT2D eigenvalue weighted by molar-refractivity contribution is 0.0948. The number of benzene rings is 1. The molecule has 122 valence electrons. The molecule has 6 nitrogen and oxygen atoms in total. The van der Waals surface area contributed by atoms with Crippen molar-refractivity contribution in [2.45, 2.75) is 20.4 Å². The Kier molecular flexibility index (Phi) is 5.91. The van der Waals surface area contributed by atoms with Crippen LogP contribution in [-0.2, 0) is 6.54 Å². The number of nitrogens with one attached hydrogen (secondary N) is 2. The molecule has 0 atom stereocenters. The summed E-state index contributed by atoms with van der Waals surface area (Å²) in [6, 6.07) is 7.74. The molecule has 0 aliphatic carbocycles. The van der Waals surface area contributed by atoms with E-state index < -0.39 is 0 Å². The minimum absolute atomic E-state index is 0.157. The number of nitrogens with zero attached hydrogens (tertiary/aromatic N) is 2. The van der Waals surface area contributed by atoms with Gasteiger partial charge >= 0.3 is 0 Å². The quantitative estimate of drug-likeness (QED) is 0.821. The fourth-order valence-electron chi connectivity index (χ4n) is 1.96. The molecule has 0 unspecified atom stereocenters. The van der Waals surface area contributed by atoms with Gasteiger partial charge in [0.1, 0.15) is 5.75 Å². The van der Waals surface area contributed by atoms with E-state index in [1.807, 2.05) is 38.1 Å². The summed E-state index contributed by atoms with van der Waals surface area (Å²) in [7, 11) is 1.64. The van der Waals surface area contributed by atoms with Crippen molar-refractivity contribution in [1.82, 2.24) is 15.3 Å². The average molecular weight is 314 g/mol. The van der Waals surface area contributed by atoms with Gasteiger partial charge < -0.3 is 15.4 Å². The molecule has 0 fully saturated rings. The van der Waals surface area contributed by atoms with Crippen molar-refractivity contribution in [1.29, 1.82) is 0 Å². The van der Waals surface area contributed by atoms with Gasteiger partial charge in [0.15, 0.2) is 0 Å². The number of ether oxygens (including phenoxy) is 1. The van der Waals surface area contributed by atoms with Crippen LogP contribution in [0.15, 0.2) is 36.7 Å². The molecule has 1 amide bonds. The molecule has 0 radical (unpaired) electrons. The molecule has 0 aliphatic heterocycles. The van der Waals surface area contributed by atoms with Gasteiger partial charge in [0.05, 0.1) is 12.7 Å². The number of carbonyl (C=O) groups excluding carboxylic acids is 1. The van der Waals surface area contributed by atoms with Crippen molar-refractivity contribution < 1.29 is 9.53 Å². The van der Waals surface area contributed by atoms with Gasteiger partial charge in [-0.25, -0.2) is 9.97 Å². The van der Waals surface area contributed by atoms with E-state index in [2.05, 4.69) is 20.6 Å². The number of para-hydroxylation sites is 1.